The molecular weight excluding hydrogens is 291 g/mol. The monoisotopic (exact) mass is 298 g/mol. The number of carbonyl (C=O) groups is 1. The first-order valence-corrected chi connectivity index (χ1v) is 5.93. The van der Waals surface area contributed by atoms with Crippen LogP contribution in [-0.2, 0) is 0 Å². The molecule has 0 atom stereocenters. The zero-order chi connectivity index (χ0) is 14.0. The minimum atomic E-state index is -0.990. The predicted molar refractivity (Wildman–Crippen MR) is 70.3 cm³/mol. The van der Waals surface area contributed by atoms with E-state index in [0.29, 0.717) is 11.3 Å². The summed E-state index contributed by atoms with van der Waals surface area (Å²) in [6, 6.07) is 6.00. The third-order valence-corrected chi connectivity index (χ3v) is 2.79. The van der Waals surface area contributed by atoms with Crippen LogP contribution in [0.2, 0.25) is 10.3 Å². The average molecular weight is 299 g/mol. The number of benzene rings is 1. The maximum atomic E-state index is 10.9. The summed E-state index contributed by atoms with van der Waals surface area (Å²) in [6.45, 7) is 1.68. The van der Waals surface area contributed by atoms with E-state index in [1.165, 1.54) is 18.2 Å². The molecule has 1 heterocycles. The molecule has 0 spiro atoms. The molecule has 0 aliphatic heterocycles. The molecule has 0 saturated carbocycles. The normalized spacial score (nSPS) is 10.3. The van der Waals surface area contributed by atoms with Gasteiger partial charge in [-0.15, -0.1) is 10.2 Å². The molecule has 7 heteroatoms. The van der Waals surface area contributed by atoms with Gasteiger partial charge in [-0.05, 0) is 30.7 Å². The number of carboxylic acid groups (broad SMARTS) is 1. The van der Waals surface area contributed by atoms with Gasteiger partial charge in [0, 0.05) is 6.07 Å². The molecule has 5 nitrogen and oxygen atoms in total. The topological polar surface area (TPSA) is 72.3 Å². The Kier molecular flexibility index (Phi) is 3.87. The number of rotatable bonds is 3. The second kappa shape index (κ2) is 5.42. The number of halogens is 2. The standard InChI is InChI=1S/C12H8Cl2N2O3/c1-6-4-7(2-3-8(6)12(17)18)19-9-5-10(13)15-16-11(9)14/h2-5H,1H3,(H,17,18). The lowest BCUT2D eigenvalue weighted by Crippen LogP contribution is -1.99. The highest BCUT2D eigenvalue weighted by Crippen LogP contribution is 2.29. The summed E-state index contributed by atoms with van der Waals surface area (Å²) in [5.41, 5.74) is 0.790. The Bertz CT molecular complexity index is 647. The van der Waals surface area contributed by atoms with Gasteiger partial charge in [0.2, 0.25) is 0 Å². The number of nitrogens with zero attached hydrogens (tertiary/aromatic N) is 2. The van der Waals surface area contributed by atoms with Gasteiger partial charge in [0.15, 0.2) is 16.1 Å². The largest absolute Gasteiger partial charge is 0.478 e. The molecule has 0 radical (unpaired) electrons. The highest BCUT2D eigenvalue weighted by atomic mass is 35.5. The van der Waals surface area contributed by atoms with Crippen molar-refractivity contribution in [3.05, 3.63) is 45.7 Å². The van der Waals surface area contributed by atoms with Gasteiger partial charge in [-0.1, -0.05) is 23.2 Å². The zero-order valence-electron chi connectivity index (χ0n) is 9.72. The van der Waals surface area contributed by atoms with Gasteiger partial charge < -0.3 is 9.84 Å². The van der Waals surface area contributed by atoms with Crippen molar-refractivity contribution in [3.8, 4) is 11.5 Å². The molecule has 2 aromatic rings. The van der Waals surface area contributed by atoms with Crippen LogP contribution in [-0.4, -0.2) is 21.3 Å². The smallest absolute Gasteiger partial charge is 0.335 e. The zero-order valence-corrected chi connectivity index (χ0v) is 11.2. The lowest BCUT2D eigenvalue weighted by Gasteiger charge is -2.08. The van der Waals surface area contributed by atoms with E-state index in [0.717, 1.165) is 0 Å². The summed E-state index contributed by atoms with van der Waals surface area (Å²) >= 11 is 11.5. The van der Waals surface area contributed by atoms with Crippen LogP contribution in [0.3, 0.4) is 0 Å². The molecule has 0 bridgehead atoms. The van der Waals surface area contributed by atoms with E-state index in [4.69, 9.17) is 33.0 Å². The van der Waals surface area contributed by atoms with E-state index < -0.39 is 5.97 Å². The van der Waals surface area contributed by atoms with E-state index in [1.54, 1.807) is 13.0 Å². The van der Waals surface area contributed by atoms with E-state index in [1.807, 2.05) is 0 Å². The molecule has 0 aliphatic carbocycles. The summed E-state index contributed by atoms with van der Waals surface area (Å²) in [6.07, 6.45) is 0. The molecule has 2 rings (SSSR count). The van der Waals surface area contributed by atoms with E-state index in [9.17, 15) is 4.79 Å². The Labute approximate surface area is 118 Å². The Balaban J connectivity index is 2.31. The van der Waals surface area contributed by atoms with E-state index in [2.05, 4.69) is 10.2 Å². The van der Waals surface area contributed by atoms with Crippen molar-refractivity contribution in [3.63, 3.8) is 0 Å². The minimum Gasteiger partial charge on any atom is -0.478 e. The van der Waals surface area contributed by atoms with Crippen LogP contribution < -0.4 is 4.74 Å². The van der Waals surface area contributed by atoms with Crippen molar-refractivity contribution in [2.45, 2.75) is 6.92 Å². The summed E-state index contributed by atoms with van der Waals surface area (Å²) in [5.74, 6) is -0.298. The van der Waals surface area contributed by atoms with Crippen molar-refractivity contribution in [1.82, 2.24) is 10.2 Å². The lowest BCUT2D eigenvalue weighted by molar-refractivity contribution is 0.0696. The van der Waals surface area contributed by atoms with Crippen LogP contribution in [0.5, 0.6) is 11.5 Å². The van der Waals surface area contributed by atoms with Gasteiger partial charge in [0.05, 0.1) is 5.56 Å². The highest BCUT2D eigenvalue weighted by Gasteiger charge is 2.10. The van der Waals surface area contributed by atoms with Gasteiger partial charge in [-0.3, -0.25) is 0 Å². The van der Waals surface area contributed by atoms with Gasteiger partial charge in [-0.2, -0.15) is 0 Å². The predicted octanol–water partition coefficient (Wildman–Crippen LogP) is 3.58. The van der Waals surface area contributed by atoms with E-state index >= 15 is 0 Å². The Morgan fingerprint density at radius 1 is 1.26 bits per heavy atom. The van der Waals surface area contributed by atoms with Crippen LogP contribution in [0.15, 0.2) is 24.3 Å². The summed E-state index contributed by atoms with van der Waals surface area (Å²) in [5, 5.41) is 16.3. The minimum absolute atomic E-state index is 0.0735. The second-order valence-corrected chi connectivity index (χ2v) is 4.45. The summed E-state index contributed by atoms with van der Waals surface area (Å²) < 4.78 is 5.49. The third kappa shape index (κ3) is 3.13. The lowest BCUT2D eigenvalue weighted by atomic mass is 10.1. The molecule has 0 aliphatic rings. The van der Waals surface area contributed by atoms with Crippen LogP contribution in [0.4, 0.5) is 0 Å². The molecule has 1 aromatic heterocycles. The first kappa shape index (κ1) is 13.6. The van der Waals surface area contributed by atoms with Crippen molar-refractivity contribution in [2.75, 3.05) is 0 Å². The maximum Gasteiger partial charge on any atom is 0.335 e. The molecule has 0 saturated heterocycles. The van der Waals surface area contributed by atoms with Crippen molar-refractivity contribution < 1.29 is 14.6 Å². The third-order valence-electron chi connectivity index (χ3n) is 2.34. The Morgan fingerprint density at radius 3 is 2.63 bits per heavy atom. The number of hydrogen-bond acceptors (Lipinski definition) is 4. The molecule has 1 aromatic carbocycles. The number of carboxylic acids is 1. The SMILES string of the molecule is Cc1cc(Oc2cc(Cl)nnc2Cl)ccc1C(=O)O. The fourth-order valence-corrected chi connectivity index (χ4v) is 1.74. The van der Waals surface area contributed by atoms with Crippen LogP contribution >= 0.6 is 23.2 Å². The maximum absolute atomic E-state index is 10.9. The summed E-state index contributed by atoms with van der Waals surface area (Å²) in [7, 11) is 0. The first-order valence-electron chi connectivity index (χ1n) is 5.18. The van der Waals surface area contributed by atoms with Crippen LogP contribution in [0.25, 0.3) is 0 Å². The number of hydrogen-bond donors (Lipinski definition) is 1. The fourth-order valence-electron chi connectivity index (χ4n) is 1.48. The molecule has 0 amide bonds. The Hall–Kier alpha value is -1.85. The Morgan fingerprint density at radius 2 is 2.00 bits per heavy atom. The quantitative estimate of drug-likeness (QED) is 0.937. The van der Waals surface area contributed by atoms with E-state index in [-0.39, 0.29) is 21.6 Å². The number of ether oxygens (including phenoxy) is 1. The first-order chi connectivity index (χ1) is 8.97. The van der Waals surface area contributed by atoms with Gasteiger partial charge in [-0.25, -0.2) is 4.79 Å². The second-order valence-electron chi connectivity index (χ2n) is 3.71. The average Bonchev–Trinajstić information content (AvgIpc) is 2.33. The molecule has 0 fully saturated rings. The van der Waals surface area contributed by atoms with Gasteiger partial charge in [0.1, 0.15) is 5.75 Å². The number of aromatic nitrogens is 2. The number of aryl methyl sites for hydroxylation is 1. The van der Waals surface area contributed by atoms with Gasteiger partial charge in [0.25, 0.3) is 0 Å². The molecule has 0 unspecified atom stereocenters. The summed E-state index contributed by atoms with van der Waals surface area (Å²) in [4.78, 5) is 10.9. The fraction of sp³-hybridized carbons (Fsp3) is 0.0833. The molecule has 19 heavy (non-hydrogen) atoms. The number of aromatic carboxylic acids is 1. The van der Waals surface area contributed by atoms with Crippen molar-refractivity contribution in [1.29, 1.82) is 0 Å². The van der Waals surface area contributed by atoms with Crippen molar-refractivity contribution in [2.24, 2.45) is 0 Å². The van der Waals surface area contributed by atoms with Crippen LogP contribution in [0, 0.1) is 6.92 Å². The van der Waals surface area contributed by atoms with Crippen molar-refractivity contribution >= 4 is 29.2 Å². The van der Waals surface area contributed by atoms with Crippen LogP contribution in [0.1, 0.15) is 15.9 Å². The molecule has 1 N–H and O–H groups in total. The highest BCUT2D eigenvalue weighted by molar-refractivity contribution is 6.32. The molecule has 98 valence electrons. The molecular formula is C12H8Cl2N2O3. The van der Waals surface area contributed by atoms with Gasteiger partial charge >= 0.3 is 5.97 Å².